The summed E-state index contributed by atoms with van der Waals surface area (Å²) < 4.78 is 10.8. The third-order valence-electron chi connectivity index (χ3n) is 4.22. The number of aromatic nitrogens is 2. The minimum atomic E-state index is -0.375. The number of hydrogen-bond donors (Lipinski definition) is 1. The van der Waals surface area contributed by atoms with Gasteiger partial charge in [0.25, 0.3) is 0 Å². The van der Waals surface area contributed by atoms with Crippen molar-refractivity contribution in [2.24, 2.45) is 5.73 Å². The Morgan fingerprint density at radius 3 is 2.60 bits per heavy atom. The molecule has 2 rings (SSSR count). The first-order valence-electron chi connectivity index (χ1n) is 8.75. The Balaban J connectivity index is 0.00000312. The van der Waals surface area contributed by atoms with Gasteiger partial charge >= 0.3 is 0 Å². The van der Waals surface area contributed by atoms with Gasteiger partial charge in [-0.05, 0) is 20.3 Å². The van der Waals surface area contributed by atoms with Crippen molar-refractivity contribution in [3.63, 3.8) is 0 Å². The molecule has 9 heteroatoms. The van der Waals surface area contributed by atoms with Gasteiger partial charge in [0.05, 0.1) is 12.6 Å². The van der Waals surface area contributed by atoms with Crippen LogP contribution in [0.5, 0.6) is 0 Å². The van der Waals surface area contributed by atoms with Crippen LogP contribution in [-0.4, -0.2) is 64.7 Å². The number of carbonyl (C=O) groups is 1. The number of piperazine rings is 1. The van der Waals surface area contributed by atoms with Crippen molar-refractivity contribution in [1.82, 2.24) is 19.9 Å². The van der Waals surface area contributed by atoms with Crippen molar-refractivity contribution in [2.75, 3.05) is 32.8 Å². The van der Waals surface area contributed by atoms with Gasteiger partial charge in [-0.2, -0.15) is 4.98 Å². The average Bonchev–Trinajstić information content (AvgIpc) is 3.04. The van der Waals surface area contributed by atoms with Crippen molar-refractivity contribution in [1.29, 1.82) is 0 Å². The topological polar surface area (TPSA) is 97.7 Å². The smallest absolute Gasteiger partial charge is 0.240 e. The van der Waals surface area contributed by atoms with E-state index in [4.69, 9.17) is 15.0 Å². The number of ether oxygens (including phenoxy) is 1. The summed E-state index contributed by atoms with van der Waals surface area (Å²) >= 11 is 0. The van der Waals surface area contributed by atoms with E-state index in [1.165, 1.54) is 0 Å². The van der Waals surface area contributed by atoms with Gasteiger partial charge in [0, 0.05) is 32.8 Å². The van der Waals surface area contributed by atoms with Crippen LogP contribution in [0.15, 0.2) is 4.52 Å². The molecule has 2 unspecified atom stereocenters. The molecule has 1 aliphatic heterocycles. The molecule has 1 amide bonds. The Hall–Kier alpha value is -1.22. The fourth-order valence-corrected chi connectivity index (χ4v) is 2.81. The van der Waals surface area contributed by atoms with E-state index >= 15 is 0 Å². The van der Waals surface area contributed by atoms with Gasteiger partial charge in [0.15, 0.2) is 5.82 Å². The van der Waals surface area contributed by atoms with E-state index in [0.29, 0.717) is 38.0 Å². The van der Waals surface area contributed by atoms with Crippen LogP contribution in [0.2, 0.25) is 0 Å². The second-order valence-electron chi connectivity index (χ2n) is 6.14. The highest BCUT2D eigenvalue weighted by Gasteiger charge is 2.25. The van der Waals surface area contributed by atoms with Crippen molar-refractivity contribution in [3.8, 4) is 0 Å². The zero-order valence-electron chi connectivity index (χ0n) is 15.3. The van der Waals surface area contributed by atoms with Crippen LogP contribution in [0.1, 0.15) is 51.4 Å². The first kappa shape index (κ1) is 21.8. The van der Waals surface area contributed by atoms with E-state index in [2.05, 4.69) is 15.0 Å². The van der Waals surface area contributed by atoms with Crippen LogP contribution in [-0.2, 0) is 16.1 Å². The third-order valence-corrected chi connectivity index (χ3v) is 4.22. The molecule has 0 spiro atoms. The molecular formula is C16H30ClN5O3. The fraction of sp³-hybridized carbons (Fsp3) is 0.812. The highest BCUT2D eigenvalue weighted by atomic mass is 35.5. The second-order valence-corrected chi connectivity index (χ2v) is 6.14. The highest BCUT2D eigenvalue weighted by molar-refractivity contribution is 5.85. The summed E-state index contributed by atoms with van der Waals surface area (Å²) in [6, 6.07) is -0.375. The van der Waals surface area contributed by atoms with E-state index < -0.39 is 0 Å². The number of amides is 1. The fourth-order valence-electron chi connectivity index (χ4n) is 2.81. The molecule has 8 nitrogen and oxygen atoms in total. The molecule has 25 heavy (non-hydrogen) atoms. The molecule has 1 aromatic rings. The van der Waals surface area contributed by atoms with Crippen molar-refractivity contribution >= 4 is 18.3 Å². The van der Waals surface area contributed by atoms with Gasteiger partial charge in [0.2, 0.25) is 11.8 Å². The molecule has 0 radical (unpaired) electrons. The van der Waals surface area contributed by atoms with Gasteiger partial charge < -0.3 is 19.9 Å². The molecule has 0 aliphatic carbocycles. The van der Waals surface area contributed by atoms with Crippen LogP contribution in [0.3, 0.4) is 0 Å². The van der Waals surface area contributed by atoms with Gasteiger partial charge in [0.1, 0.15) is 6.10 Å². The lowest BCUT2D eigenvalue weighted by Crippen LogP contribution is -2.52. The van der Waals surface area contributed by atoms with Crippen molar-refractivity contribution < 1.29 is 14.1 Å². The summed E-state index contributed by atoms with van der Waals surface area (Å²) in [6.07, 6.45) is 1.50. The summed E-state index contributed by atoms with van der Waals surface area (Å²) in [5.41, 5.74) is 5.92. The monoisotopic (exact) mass is 375 g/mol. The predicted octanol–water partition coefficient (Wildman–Crippen LogP) is 1.36. The third kappa shape index (κ3) is 6.22. The SMILES string of the molecule is CCCC(N)C(=O)N1CCN(Cc2nc(C(C)OCC)no2)CC1.Cl. The maximum absolute atomic E-state index is 12.2. The minimum Gasteiger partial charge on any atom is -0.371 e. The lowest BCUT2D eigenvalue weighted by molar-refractivity contribution is -0.134. The molecule has 2 heterocycles. The van der Waals surface area contributed by atoms with Crippen LogP contribution in [0.25, 0.3) is 0 Å². The Morgan fingerprint density at radius 1 is 1.32 bits per heavy atom. The molecule has 2 N–H and O–H groups in total. The number of nitrogens with two attached hydrogens (primary N) is 1. The first-order chi connectivity index (χ1) is 11.5. The Morgan fingerprint density at radius 2 is 2.00 bits per heavy atom. The molecule has 0 saturated carbocycles. The molecule has 0 aromatic carbocycles. The standard InChI is InChI=1S/C16H29N5O3.ClH/c1-4-6-13(17)16(22)21-9-7-20(8-10-21)11-14-18-15(19-24-14)12(3)23-5-2;/h12-13H,4-11,17H2,1-3H3;1H. The second kappa shape index (κ2) is 10.7. The van der Waals surface area contributed by atoms with Crippen LogP contribution in [0.4, 0.5) is 0 Å². The van der Waals surface area contributed by atoms with Crippen molar-refractivity contribution in [3.05, 3.63) is 11.7 Å². The summed E-state index contributed by atoms with van der Waals surface area (Å²) in [5, 5.41) is 3.97. The molecule has 1 aromatic heterocycles. The minimum absolute atomic E-state index is 0. The molecule has 1 saturated heterocycles. The molecule has 0 bridgehead atoms. The predicted molar refractivity (Wildman–Crippen MR) is 96.3 cm³/mol. The van der Waals surface area contributed by atoms with Crippen LogP contribution < -0.4 is 5.73 Å². The summed E-state index contributed by atoms with van der Waals surface area (Å²) in [4.78, 5) is 20.7. The normalized spacial score (nSPS) is 17.8. The molecule has 1 aliphatic rings. The summed E-state index contributed by atoms with van der Waals surface area (Å²) in [7, 11) is 0. The largest absolute Gasteiger partial charge is 0.371 e. The number of nitrogens with zero attached hydrogens (tertiary/aromatic N) is 4. The molecule has 2 atom stereocenters. The molecule has 144 valence electrons. The zero-order valence-corrected chi connectivity index (χ0v) is 16.1. The summed E-state index contributed by atoms with van der Waals surface area (Å²) in [6.45, 7) is 10.0. The quantitative estimate of drug-likeness (QED) is 0.732. The maximum Gasteiger partial charge on any atom is 0.240 e. The number of hydrogen-bond acceptors (Lipinski definition) is 7. The number of carbonyl (C=O) groups excluding carboxylic acids is 1. The zero-order chi connectivity index (χ0) is 17.5. The van der Waals surface area contributed by atoms with E-state index in [1.54, 1.807) is 0 Å². The summed E-state index contributed by atoms with van der Waals surface area (Å²) in [5.74, 6) is 1.22. The Labute approximate surface area is 155 Å². The van der Waals surface area contributed by atoms with Crippen LogP contribution in [0, 0.1) is 0 Å². The van der Waals surface area contributed by atoms with Gasteiger partial charge in [-0.25, -0.2) is 0 Å². The van der Waals surface area contributed by atoms with E-state index in [-0.39, 0.29) is 30.5 Å². The Bertz CT molecular complexity index is 520. The van der Waals surface area contributed by atoms with E-state index in [0.717, 1.165) is 25.9 Å². The van der Waals surface area contributed by atoms with Gasteiger partial charge in [-0.1, -0.05) is 18.5 Å². The van der Waals surface area contributed by atoms with Crippen molar-refractivity contribution in [2.45, 2.75) is 52.3 Å². The first-order valence-corrected chi connectivity index (χ1v) is 8.75. The number of rotatable bonds is 8. The van der Waals surface area contributed by atoms with Crippen LogP contribution >= 0.6 is 12.4 Å². The Kier molecular flexibility index (Phi) is 9.34. The lowest BCUT2D eigenvalue weighted by Gasteiger charge is -2.35. The van der Waals surface area contributed by atoms with E-state index in [1.807, 2.05) is 25.7 Å². The van der Waals surface area contributed by atoms with Gasteiger partial charge in [-0.3, -0.25) is 9.69 Å². The number of halogens is 1. The maximum atomic E-state index is 12.2. The highest BCUT2D eigenvalue weighted by Crippen LogP contribution is 2.14. The molecular weight excluding hydrogens is 346 g/mol. The average molecular weight is 376 g/mol. The lowest BCUT2D eigenvalue weighted by atomic mass is 10.1. The van der Waals surface area contributed by atoms with Gasteiger partial charge in [-0.15, -0.1) is 12.4 Å². The van der Waals surface area contributed by atoms with E-state index in [9.17, 15) is 4.79 Å². The molecule has 1 fully saturated rings.